The lowest BCUT2D eigenvalue weighted by atomic mass is 9.85. The summed E-state index contributed by atoms with van der Waals surface area (Å²) < 4.78 is 13.0. The van der Waals surface area contributed by atoms with Crippen LogP contribution in [-0.2, 0) is 4.79 Å². The molecule has 0 spiro atoms. The number of carbonyl (C=O) groups is 1. The van der Waals surface area contributed by atoms with E-state index in [1.807, 2.05) is 0 Å². The Morgan fingerprint density at radius 3 is 2.61 bits per heavy atom. The maximum absolute atomic E-state index is 13.0. The lowest BCUT2D eigenvalue weighted by Gasteiger charge is -2.25. The first-order chi connectivity index (χ1) is 8.16. The van der Waals surface area contributed by atoms with Gasteiger partial charge in [-0.05, 0) is 31.0 Å². The fourth-order valence-corrected chi connectivity index (χ4v) is 2.41. The van der Waals surface area contributed by atoms with Gasteiger partial charge in [0.15, 0.2) is 0 Å². The van der Waals surface area contributed by atoms with E-state index >= 15 is 0 Å². The normalized spacial score (nSPS) is 17.0. The molecule has 1 aliphatic carbocycles. The van der Waals surface area contributed by atoms with Gasteiger partial charge in [-0.15, -0.1) is 12.4 Å². The van der Waals surface area contributed by atoms with Crippen LogP contribution in [0.3, 0.4) is 0 Å². The van der Waals surface area contributed by atoms with Gasteiger partial charge < -0.3 is 11.1 Å². The summed E-state index contributed by atoms with van der Waals surface area (Å²) in [6.07, 6.45) is 3.72. The molecule has 0 heterocycles. The van der Waals surface area contributed by atoms with Crippen molar-refractivity contribution in [3.63, 3.8) is 0 Å². The van der Waals surface area contributed by atoms with E-state index in [-0.39, 0.29) is 24.1 Å². The summed E-state index contributed by atoms with van der Waals surface area (Å²) >= 11 is 0. The SMILES string of the molecule is Cl.NCC1(C(=O)Nc2cccc(F)c2)CCCC1. The molecule has 100 valence electrons. The standard InChI is InChI=1S/C13H17FN2O.ClH/c14-10-4-3-5-11(8-10)16-12(17)13(9-15)6-1-2-7-13;/h3-5,8H,1-2,6-7,9,15H2,(H,16,17);1H. The van der Waals surface area contributed by atoms with Crippen molar-refractivity contribution in [3.8, 4) is 0 Å². The van der Waals surface area contributed by atoms with E-state index in [9.17, 15) is 9.18 Å². The average molecular weight is 273 g/mol. The predicted octanol–water partition coefficient (Wildman–Crippen LogP) is 2.71. The van der Waals surface area contributed by atoms with E-state index in [2.05, 4.69) is 5.32 Å². The number of halogens is 2. The van der Waals surface area contributed by atoms with Gasteiger partial charge in [-0.25, -0.2) is 4.39 Å². The summed E-state index contributed by atoms with van der Waals surface area (Å²) in [6.45, 7) is 0.355. The summed E-state index contributed by atoms with van der Waals surface area (Å²) in [5.74, 6) is -0.431. The first-order valence-electron chi connectivity index (χ1n) is 5.93. The Balaban J connectivity index is 0.00000162. The fraction of sp³-hybridized carbons (Fsp3) is 0.462. The summed E-state index contributed by atoms with van der Waals surface area (Å²) in [6, 6.07) is 5.93. The second kappa shape index (κ2) is 6.16. The Hall–Kier alpha value is -1.13. The van der Waals surface area contributed by atoms with Gasteiger partial charge in [0.25, 0.3) is 0 Å². The number of nitrogens with one attached hydrogen (secondary N) is 1. The Morgan fingerprint density at radius 2 is 2.06 bits per heavy atom. The maximum Gasteiger partial charge on any atom is 0.231 e. The molecule has 5 heteroatoms. The molecule has 1 saturated carbocycles. The zero-order valence-electron chi connectivity index (χ0n) is 10.1. The maximum atomic E-state index is 13.0. The van der Waals surface area contributed by atoms with E-state index in [4.69, 9.17) is 5.73 Å². The summed E-state index contributed by atoms with van der Waals surface area (Å²) in [5, 5.41) is 2.76. The molecule has 0 unspecified atom stereocenters. The lowest BCUT2D eigenvalue weighted by molar-refractivity contribution is -0.124. The van der Waals surface area contributed by atoms with Gasteiger partial charge in [0, 0.05) is 12.2 Å². The predicted molar refractivity (Wildman–Crippen MR) is 72.2 cm³/mol. The average Bonchev–Trinajstić information content (AvgIpc) is 2.78. The lowest BCUT2D eigenvalue weighted by Crippen LogP contribution is -2.40. The third kappa shape index (κ3) is 3.00. The van der Waals surface area contributed by atoms with E-state index < -0.39 is 5.41 Å². The van der Waals surface area contributed by atoms with Crippen LogP contribution in [0.4, 0.5) is 10.1 Å². The topological polar surface area (TPSA) is 55.1 Å². The molecule has 3 N–H and O–H groups in total. The van der Waals surface area contributed by atoms with Crippen LogP contribution in [0.5, 0.6) is 0 Å². The molecule has 0 atom stereocenters. The molecule has 0 aromatic heterocycles. The number of nitrogens with two attached hydrogens (primary N) is 1. The highest BCUT2D eigenvalue weighted by Crippen LogP contribution is 2.38. The highest BCUT2D eigenvalue weighted by atomic mass is 35.5. The molecule has 1 aliphatic rings. The third-order valence-corrected chi connectivity index (χ3v) is 3.52. The van der Waals surface area contributed by atoms with Gasteiger partial charge in [0.1, 0.15) is 5.82 Å². The van der Waals surface area contributed by atoms with Gasteiger partial charge >= 0.3 is 0 Å². The molecule has 1 fully saturated rings. The van der Waals surface area contributed by atoms with Crippen molar-refractivity contribution in [1.82, 2.24) is 0 Å². The Kier molecular flexibility index (Phi) is 5.11. The van der Waals surface area contributed by atoms with E-state index in [0.717, 1.165) is 25.7 Å². The van der Waals surface area contributed by atoms with Crippen molar-refractivity contribution in [2.24, 2.45) is 11.1 Å². The molecule has 0 aliphatic heterocycles. The number of rotatable bonds is 3. The van der Waals surface area contributed by atoms with Crippen LogP contribution in [0, 0.1) is 11.2 Å². The molecule has 1 amide bonds. The Labute approximate surface area is 112 Å². The van der Waals surface area contributed by atoms with Crippen molar-refractivity contribution in [2.75, 3.05) is 11.9 Å². The molecular weight excluding hydrogens is 255 g/mol. The van der Waals surface area contributed by atoms with Crippen LogP contribution in [0.1, 0.15) is 25.7 Å². The number of benzene rings is 1. The zero-order valence-corrected chi connectivity index (χ0v) is 10.9. The molecule has 2 rings (SSSR count). The number of carbonyl (C=O) groups excluding carboxylic acids is 1. The second-order valence-corrected chi connectivity index (χ2v) is 4.66. The van der Waals surface area contributed by atoms with Crippen molar-refractivity contribution in [3.05, 3.63) is 30.1 Å². The summed E-state index contributed by atoms with van der Waals surface area (Å²) in [7, 11) is 0. The van der Waals surface area contributed by atoms with Gasteiger partial charge in [0.2, 0.25) is 5.91 Å². The molecule has 18 heavy (non-hydrogen) atoms. The minimum atomic E-state index is -0.452. The van der Waals surface area contributed by atoms with Crippen LogP contribution < -0.4 is 11.1 Å². The fourth-order valence-electron chi connectivity index (χ4n) is 2.41. The summed E-state index contributed by atoms with van der Waals surface area (Å²) in [5.41, 5.74) is 5.76. The van der Waals surface area contributed by atoms with Crippen molar-refractivity contribution >= 4 is 24.0 Å². The number of amides is 1. The van der Waals surface area contributed by atoms with Crippen LogP contribution >= 0.6 is 12.4 Å². The Bertz CT molecular complexity index is 419. The molecule has 0 saturated heterocycles. The van der Waals surface area contributed by atoms with Crippen LogP contribution in [0.2, 0.25) is 0 Å². The third-order valence-electron chi connectivity index (χ3n) is 3.52. The van der Waals surface area contributed by atoms with Crippen LogP contribution in [0.25, 0.3) is 0 Å². The first-order valence-corrected chi connectivity index (χ1v) is 5.93. The van der Waals surface area contributed by atoms with E-state index in [1.54, 1.807) is 12.1 Å². The Morgan fingerprint density at radius 1 is 1.39 bits per heavy atom. The van der Waals surface area contributed by atoms with Crippen LogP contribution in [0.15, 0.2) is 24.3 Å². The van der Waals surface area contributed by atoms with E-state index in [1.165, 1.54) is 12.1 Å². The van der Waals surface area contributed by atoms with Crippen molar-refractivity contribution in [1.29, 1.82) is 0 Å². The van der Waals surface area contributed by atoms with Gasteiger partial charge in [-0.2, -0.15) is 0 Å². The monoisotopic (exact) mass is 272 g/mol. The number of anilines is 1. The molecular formula is C13H18ClFN2O. The quantitative estimate of drug-likeness (QED) is 0.889. The highest BCUT2D eigenvalue weighted by Gasteiger charge is 2.39. The minimum Gasteiger partial charge on any atom is -0.329 e. The smallest absolute Gasteiger partial charge is 0.231 e. The molecule has 1 aromatic carbocycles. The minimum absolute atomic E-state index is 0. The van der Waals surface area contributed by atoms with Gasteiger partial charge in [0.05, 0.1) is 5.41 Å². The molecule has 3 nitrogen and oxygen atoms in total. The number of hydrogen-bond donors (Lipinski definition) is 2. The molecule has 1 aromatic rings. The highest BCUT2D eigenvalue weighted by molar-refractivity contribution is 5.95. The molecule has 0 radical (unpaired) electrons. The number of hydrogen-bond acceptors (Lipinski definition) is 2. The first kappa shape index (κ1) is 14.9. The summed E-state index contributed by atoms with van der Waals surface area (Å²) in [4.78, 5) is 12.2. The van der Waals surface area contributed by atoms with Crippen molar-refractivity contribution in [2.45, 2.75) is 25.7 Å². The zero-order chi connectivity index (χ0) is 12.3. The van der Waals surface area contributed by atoms with Crippen molar-refractivity contribution < 1.29 is 9.18 Å². The van der Waals surface area contributed by atoms with Gasteiger partial charge in [-0.3, -0.25) is 4.79 Å². The molecule has 0 bridgehead atoms. The van der Waals surface area contributed by atoms with Crippen LogP contribution in [-0.4, -0.2) is 12.5 Å². The van der Waals surface area contributed by atoms with Gasteiger partial charge in [-0.1, -0.05) is 18.9 Å². The second-order valence-electron chi connectivity index (χ2n) is 4.66. The largest absolute Gasteiger partial charge is 0.329 e. The van der Waals surface area contributed by atoms with E-state index in [0.29, 0.717) is 12.2 Å².